The number of thiophene rings is 1. The van der Waals surface area contributed by atoms with Crippen LogP contribution in [-0.2, 0) is 0 Å². The summed E-state index contributed by atoms with van der Waals surface area (Å²) in [6.45, 7) is 0. The molecule has 3 heteroatoms. The van der Waals surface area contributed by atoms with Crippen molar-refractivity contribution in [2.75, 3.05) is 14.2 Å². The van der Waals surface area contributed by atoms with Crippen LogP contribution in [0, 0.1) is 0 Å². The predicted molar refractivity (Wildman–Crippen MR) is 114 cm³/mol. The molecule has 0 aliphatic carbocycles. The van der Waals surface area contributed by atoms with Crippen molar-refractivity contribution in [2.24, 2.45) is 0 Å². The first-order valence-electron chi connectivity index (χ1n) is 8.76. The van der Waals surface area contributed by atoms with Gasteiger partial charge in [0, 0.05) is 15.3 Å². The number of methoxy groups -OCH3 is 2. The lowest BCUT2D eigenvalue weighted by Gasteiger charge is -2.10. The van der Waals surface area contributed by atoms with Crippen LogP contribution in [0.3, 0.4) is 0 Å². The Morgan fingerprint density at radius 2 is 1.30 bits per heavy atom. The minimum absolute atomic E-state index is 0.873. The topological polar surface area (TPSA) is 18.5 Å². The summed E-state index contributed by atoms with van der Waals surface area (Å²) in [6.07, 6.45) is 0. The van der Waals surface area contributed by atoms with Crippen LogP contribution >= 0.6 is 11.3 Å². The van der Waals surface area contributed by atoms with Crippen LogP contribution in [0.2, 0.25) is 0 Å². The molecule has 2 nitrogen and oxygen atoms in total. The fourth-order valence-corrected chi connectivity index (χ4v) is 4.13. The third-order valence-electron chi connectivity index (χ3n) is 4.53. The molecule has 3 aromatic carbocycles. The van der Waals surface area contributed by atoms with E-state index in [0.29, 0.717) is 0 Å². The molecule has 0 spiro atoms. The SMILES string of the molecule is COc1cccc(-c2ccc(-c3ccc(OC)c(-c4ccccc4)c3)s2)c1. The van der Waals surface area contributed by atoms with Gasteiger partial charge in [0.25, 0.3) is 0 Å². The van der Waals surface area contributed by atoms with Crippen LogP contribution < -0.4 is 9.47 Å². The Morgan fingerprint density at radius 1 is 0.593 bits per heavy atom. The molecule has 0 aliphatic heterocycles. The van der Waals surface area contributed by atoms with Crippen LogP contribution in [0.15, 0.2) is 84.9 Å². The maximum atomic E-state index is 5.58. The van der Waals surface area contributed by atoms with E-state index in [1.54, 1.807) is 25.6 Å². The lowest BCUT2D eigenvalue weighted by Crippen LogP contribution is -1.88. The van der Waals surface area contributed by atoms with E-state index in [9.17, 15) is 0 Å². The van der Waals surface area contributed by atoms with Gasteiger partial charge < -0.3 is 9.47 Å². The second-order valence-corrected chi connectivity index (χ2v) is 7.26. The Bertz CT molecular complexity index is 1050. The van der Waals surface area contributed by atoms with Crippen molar-refractivity contribution in [3.8, 4) is 43.5 Å². The van der Waals surface area contributed by atoms with Crippen molar-refractivity contribution < 1.29 is 9.47 Å². The van der Waals surface area contributed by atoms with Crippen LogP contribution in [-0.4, -0.2) is 14.2 Å². The van der Waals surface area contributed by atoms with Gasteiger partial charge in [0.05, 0.1) is 14.2 Å². The highest BCUT2D eigenvalue weighted by Gasteiger charge is 2.11. The minimum atomic E-state index is 0.873. The van der Waals surface area contributed by atoms with Crippen molar-refractivity contribution >= 4 is 11.3 Å². The molecule has 0 fully saturated rings. The van der Waals surface area contributed by atoms with Gasteiger partial charge in [-0.3, -0.25) is 0 Å². The Hall–Kier alpha value is -3.04. The maximum Gasteiger partial charge on any atom is 0.126 e. The molecule has 0 aliphatic rings. The summed E-state index contributed by atoms with van der Waals surface area (Å²) < 4.78 is 10.9. The summed E-state index contributed by atoms with van der Waals surface area (Å²) in [5, 5.41) is 0. The quantitative estimate of drug-likeness (QED) is 0.385. The first-order valence-corrected chi connectivity index (χ1v) is 9.58. The molecule has 134 valence electrons. The maximum absolute atomic E-state index is 5.58. The van der Waals surface area contributed by atoms with Gasteiger partial charge in [-0.1, -0.05) is 42.5 Å². The molecule has 0 bridgehead atoms. The smallest absolute Gasteiger partial charge is 0.126 e. The third kappa shape index (κ3) is 3.60. The van der Waals surface area contributed by atoms with E-state index in [0.717, 1.165) is 22.6 Å². The largest absolute Gasteiger partial charge is 0.497 e. The van der Waals surface area contributed by atoms with Gasteiger partial charge in [-0.25, -0.2) is 0 Å². The van der Waals surface area contributed by atoms with Crippen LogP contribution in [0.25, 0.3) is 32.0 Å². The first-order chi connectivity index (χ1) is 13.3. The zero-order valence-corrected chi connectivity index (χ0v) is 16.1. The molecule has 0 unspecified atom stereocenters. The van der Waals surface area contributed by atoms with Gasteiger partial charge in [-0.15, -0.1) is 11.3 Å². The van der Waals surface area contributed by atoms with Crippen molar-refractivity contribution in [3.63, 3.8) is 0 Å². The summed E-state index contributed by atoms with van der Waals surface area (Å²) in [7, 11) is 3.41. The van der Waals surface area contributed by atoms with Crippen LogP contribution in [0.4, 0.5) is 0 Å². The second kappa shape index (κ2) is 7.68. The summed E-state index contributed by atoms with van der Waals surface area (Å²) in [6, 6.07) is 29.2. The average molecular weight is 372 g/mol. The Morgan fingerprint density at radius 3 is 2.00 bits per heavy atom. The van der Waals surface area contributed by atoms with E-state index < -0.39 is 0 Å². The lowest BCUT2D eigenvalue weighted by atomic mass is 10.0. The average Bonchev–Trinajstić information content (AvgIpc) is 3.24. The Kier molecular flexibility index (Phi) is 4.95. The van der Waals surface area contributed by atoms with Crippen LogP contribution in [0.1, 0.15) is 0 Å². The standard InChI is InChI=1S/C24H20O2S/c1-25-20-10-6-9-18(15-20)23-13-14-24(27-23)19-11-12-22(26-2)21(16-19)17-7-4-3-5-8-17/h3-16H,1-2H3. The first kappa shape index (κ1) is 17.4. The fraction of sp³-hybridized carbons (Fsp3) is 0.0833. The minimum Gasteiger partial charge on any atom is -0.497 e. The van der Waals surface area contributed by atoms with Gasteiger partial charge in [0.15, 0.2) is 0 Å². The number of benzene rings is 3. The molecule has 27 heavy (non-hydrogen) atoms. The highest BCUT2D eigenvalue weighted by Crippen LogP contribution is 2.39. The summed E-state index contributed by atoms with van der Waals surface area (Å²) in [4.78, 5) is 2.45. The van der Waals surface area contributed by atoms with Crippen molar-refractivity contribution in [1.29, 1.82) is 0 Å². The highest BCUT2D eigenvalue weighted by molar-refractivity contribution is 7.18. The molecular weight excluding hydrogens is 352 g/mol. The van der Waals surface area contributed by atoms with Gasteiger partial charge in [0.1, 0.15) is 11.5 Å². The third-order valence-corrected chi connectivity index (χ3v) is 5.71. The van der Waals surface area contributed by atoms with E-state index in [1.165, 1.54) is 20.9 Å². The summed E-state index contributed by atoms with van der Waals surface area (Å²) in [5.41, 5.74) is 4.61. The predicted octanol–water partition coefficient (Wildman–Crippen LogP) is 6.77. The lowest BCUT2D eigenvalue weighted by molar-refractivity contribution is 0.415. The number of ether oxygens (including phenoxy) is 2. The van der Waals surface area contributed by atoms with E-state index >= 15 is 0 Å². The van der Waals surface area contributed by atoms with Crippen LogP contribution in [0.5, 0.6) is 11.5 Å². The van der Waals surface area contributed by atoms with Crippen molar-refractivity contribution in [2.45, 2.75) is 0 Å². The zero-order valence-electron chi connectivity index (χ0n) is 15.3. The Labute approximate surface area is 163 Å². The molecule has 0 N–H and O–H groups in total. The monoisotopic (exact) mass is 372 g/mol. The summed E-state index contributed by atoms with van der Waals surface area (Å²) in [5.74, 6) is 1.76. The molecule has 1 aromatic heterocycles. The molecule has 0 saturated heterocycles. The van der Waals surface area contributed by atoms with Gasteiger partial charge in [0.2, 0.25) is 0 Å². The molecule has 4 rings (SSSR count). The number of hydrogen-bond acceptors (Lipinski definition) is 3. The van der Waals surface area contributed by atoms with Gasteiger partial charge >= 0.3 is 0 Å². The van der Waals surface area contributed by atoms with E-state index in [1.807, 2.05) is 36.4 Å². The highest BCUT2D eigenvalue weighted by atomic mass is 32.1. The second-order valence-electron chi connectivity index (χ2n) is 6.18. The van der Waals surface area contributed by atoms with E-state index in [-0.39, 0.29) is 0 Å². The molecule has 0 atom stereocenters. The zero-order chi connectivity index (χ0) is 18.6. The molecule has 0 radical (unpaired) electrons. The van der Waals surface area contributed by atoms with Gasteiger partial charge in [-0.2, -0.15) is 0 Å². The number of hydrogen-bond donors (Lipinski definition) is 0. The van der Waals surface area contributed by atoms with E-state index in [4.69, 9.17) is 9.47 Å². The van der Waals surface area contributed by atoms with Crippen molar-refractivity contribution in [1.82, 2.24) is 0 Å². The normalized spacial score (nSPS) is 10.6. The molecule has 0 amide bonds. The molecular formula is C24H20O2S. The molecule has 1 heterocycles. The molecule has 0 saturated carbocycles. The Balaban J connectivity index is 1.73. The van der Waals surface area contributed by atoms with Gasteiger partial charge in [-0.05, 0) is 59.2 Å². The van der Waals surface area contributed by atoms with E-state index in [2.05, 4.69) is 48.5 Å². The number of rotatable bonds is 5. The summed E-state index contributed by atoms with van der Waals surface area (Å²) >= 11 is 1.78. The van der Waals surface area contributed by atoms with Crippen molar-refractivity contribution in [3.05, 3.63) is 84.9 Å². The molecule has 4 aromatic rings. The fourth-order valence-electron chi connectivity index (χ4n) is 3.13.